The van der Waals surface area contributed by atoms with Crippen molar-refractivity contribution in [1.82, 2.24) is 0 Å². The van der Waals surface area contributed by atoms with Crippen molar-refractivity contribution < 1.29 is 14.2 Å². The number of aliphatic hydroxyl groups excluding tert-OH is 1. The summed E-state index contributed by atoms with van der Waals surface area (Å²) >= 11 is 0. The number of halogens is 1. The molecule has 0 aromatic heterocycles. The average Bonchev–Trinajstić information content (AvgIpc) is 2.41. The lowest BCUT2D eigenvalue weighted by molar-refractivity contribution is 0.219. The van der Waals surface area contributed by atoms with Crippen LogP contribution in [0, 0.1) is 12.7 Å². The van der Waals surface area contributed by atoms with E-state index in [1.165, 1.54) is 18.2 Å². The molecule has 0 heterocycles. The van der Waals surface area contributed by atoms with Crippen LogP contribution in [0.15, 0.2) is 36.4 Å². The van der Waals surface area contributed by atoms with Crippen LogP contribution in [0.2, 0.25) is 0 Å². The Kier molecular flexibility index (Phi) is 3.71. The first-order valence-electron chi connectivity index (χ1n) is 5.91. The molecule has 2 aromatic carbocycles. The molecule has 19 heavy (non-hydrogen) atoms. The highest BCUT2D eigenvalue weighted by molar-refractivity contribution is 5.53. The summed E-state index contributed by atoms with van der Waals surface area (Å²) in [6.07, 6.45) is -0.981. The Morgan fingerprint density at radius 2 is 1.95 bits per heavy atom. The minimum Gasteiger partial charge on any atom is -0.496 e. The van der Waals surface area contributed by atoms with Gasteiger partial charge < -0.3 is 15.6 Å². The van der Waals surface area contributed by atoms with E-state index >= 15 is 0 Å². The van der Waals surface area contributed by atoms with Gasteiger partial charge in [-0.2, -0.15) is 0 Å². The number of benzene rings is 2. The molecule has 0 radical (unpaired) electrons. The van der Waals surface area contributed by atoms with Gasteiger partial charge in [0.05, 0.1) is 7.11 Å². The maximum absolute atomic E-state index is 13.3. The number of nitrogens with two attached hydrogens (primary N) is 1. The zero-order valence-corrected chi connectivity index (χ0v) is 10.9. The Morgan fingerprint density at radius 1 is 1.21 bits per heavy atom. The Balaban J connectivity index is 2.50. The molecule has 100 valence electrons. The van der Waals surface area contributed by atoms with Gasteiger partial charge in [-0.25, -0.2) is 4.39 Å². The zero-order valence-electron chi connectivity index (χ0n) is 10.9. The van der Waals surface area contributed by atoms with Gasteiger partial charge in [-0.15, -0.1) is 0 Å². The summed E-state index contributed by atoms with van der Waals surface area (Å²) < 4.78 is 18.5. The van der Waals surface area contributed by atoms with Crippen LogP contribution in [-0.2, 0) is 0 Å². The van der Waals surface area contributed by atoms with E-state index in [0.29, 0.717) is 22.6 Å². The first kappa shape index (κ1) is 13.4. The van der Waals surface area contributed by atoms with E-state index in [1.807, 2.05) is 6.92 Å². The van der Waals surface area contributed by atoms with Crippen LogP contribution >= 0.6 is 0 Å². The molecule has 3 N–H and O–H groups in total. The molecule has 0 spiro atoms. The molecule has 0 aliphatic carbocycles. The third-order valence-electron chi connectivity index (χ3n) is 3.18. The van der Waals surface area contributed by atoms with E-state index in [4.69, 9.17) is 10.5 Å². The van der Waals surface area contributed by atoms with Crippen LogP contribution < -0.4 is 10.5 Å². The van der Waals surface area contributed by atoms with Crippen molar-refractivity contribution in [2.75, 3.05) is 12.8 Å². The second-order valence-electron chi connectivity index (χ2n) is 4.35. The molecule has 0 aliphatic rings. The molecule has 2 rings (SSSR count). The van der Waals surface area contributed by atoms with Crippen LogP contribution in [0.3, 0.4) is 0 Å². The number of hydrogen-bond acceptors (Lipinski definition) is 3. The molecule has 3 nitrogen and oxygen atoms in total. The van der Waals surface area contributed by atoms with Crippen molar-refractivity contribution in [3.05, 3.63) is 58.9 Å². The first-order valence-corrected chi connectivity index (χ1v) is 5.91. The number of nitrogen functional groups attached to an aromatic ring is 1. The molecule has 0 amide bonds. The van der Waals surface area contributed by atoms with E-state index in [-0.39, 0.29) is 0 Å². The molecule has 4 heteroatoms. The zero-order chi connectivity index (χ0) is 14.0. The van der Waals surface area contributed by atoms with E-state index in [1.54, 1.807) is 25.3 Å². The summed E-state index contributed by atoms with van der Waals surface area (Å²) in [6.45, 7) is 1.84. The van der Waals surface area contributed by atoms with Crippen LogP contribution in [-0.4, -0.2) is 12.2 Å². The third-order valence-corrected chi connectivity index (χ3v) is 3.18. The number of anilines is 1. The minimum atomic E-state index is -0.981. The van der Waals surface area contributed by atoms with Gasteiger partial charge in [0.25, 0.3) is 0 Å². The van der Waals surface area contributed by atoms with Crippen molar-refractivity contribution >= 4 is 5.69 Å². The summed E-state index contributed by atoms with van der Waals surface area (Å²) in [5, 5.41) is 10.4. The second-order valence-corrected chi connectivity index (χ2v) is 4.35. The van der Waals surface area contributed by atoms with Crippen molar-refractivity contribution in [3.8, 4) is 5.75 Å². The molecule has 1 atom stereocenters. The molecule has 0 saturated heterocycles. The SMILES string of the molecule is COc1cccc(C(O)c2cc(F)ccc2N)c1C. The second kappa shape index (κ2) is 5.28. The van der Waals surface area contributed by atoms with Gasteiger partial charge in [-0.05, 0) is 42.3 Å². The highest BCUT2D eigenvalue weighted by Crippen LogP contribution is 2.32. The summed E-state index contributed by atoms with van der Waals surface area (Å²) in [7, 11) is 1.56. The third kappa shape index (κ3) is 2.53. The molecule has 0 saturated carbocycles. The summed E-state index contributed by atoms with van der Waals surface area (Å²) in [5.41, 5.74) is 7.96. The predicted octanol–water partition coefficient (Wildman–Crippen LogP) is 2.81. The average molecular weight is 261 g/mol. The molecule has 0 aliphatic heterocycles. The number of methoxy groups -OCH3 is 1. The largest absolute Gasteiger partial charge is 0.496 e. The van der Waals surface area contributed by atoms with Gasteiger partial charge in [0.15, 0.2) is 0 Å². The van der Waals surface area contributed by atoms with Gasteiger partial charge in [0.2, 0.25) is 0 Å². The Labute approximate surface area is 111 Å². The lowest BCUT2D eigenvalue weighted by atomic mass is 9.96. The van der Waals surface area contributed by atoms with Crippen LogP contribution in [0.1, 0.15) is 22.8 Å². The molecule has 1 unspecified atom stereocenters. The van der Waals surface area contributed by atoms with E-state index in [9.17, 15) is 9.50 Å². The van der Waals surface area contributed by atoms with Crippen LogP contribution in [0.5, 0.6) is 5.75 Å². The fraction of sp³-hybridized carbons (Fsp3) is 0.200. The smallest absolute Gasteiger partial charge is 0.123 e. The molecular formula is C15H16FNO2. The summed E-state index contributed by atoms with van der Waals surface area (Å²) in [4.78, 5) is 0. The first-order chi connectivity index (χ1) is 9.04. The molecular weight excluding hydrogens is 245 g/mol. The van der Waals surface area contributed by atoms with Crippen LogP contribution in [0.25, 0.3) is 0 Å². The standard InChI is InChI=1S/C15H16FNO2/c1-9-11(4-3-5-14(9)19-2)15(18)12-8-10(16)6-7-13(12)17/h3-8,15,18H,17H2,1-2H3. The monoisotopic (exact) mass is 261 g/mol. The summed E-state index contributed by atoms with van der Waals surface area (Å²) in [6, 6.07) is 9.32. The van der Waals surface area contributed by atoms with Crippen LogP contribution in [0.4, 0.5) is 10.1 Å². The lowest BCUT2D eigenvalue weighted by Crippen LogP contribution is -2.06. The van der Waals surface area contributed by atoms with Crippen molar-refractivity contribution in [3.63, 3.8) is 0 Å². The van der Waals surface area contributed by atoms with Crippen molar-refractivity contribution in [2.45, 2.75) is 13.0 Å². The fourth-order valence-corrected chi connectivity index (χ4v) is 2.10. The van der Waals surface area contributed by atoms with Crippen molar-refractivity contribution in [2.24, 2.45) is 0 Å². The highest BCUT2D eigenvalue weighted by atomic mass is 19.1. The molecule has 0 bridgehead atoms. The quantitative estimate of drug-likeness (QED) is 0.835. The Hall–Kier alpha value is -2.07. The number of rotatable bonds is 3. The van der Waals surface area contributed by atoms with Gasteiger partial charge in [-0.1, -0.05) is 12.1 Å². The molecule has 2 aromatic rings. The van der Waals surface area contributed by atoms with Gasteiger partial charge in [-0.3, -0.25) is 0 Å². The van der Waals surface area contributed by atoms with Gasteiger partial charge >= 0.3 is 0 Å². The minimum absolute atomic E-state index is 0.358. The lowest BCUT2D eigenvalue weighted by Gasteiger charge is -2.17. The summed E-state index contributed by atoms with van der Waals surface area (Å²) in [5.74, 6) is 0.246. The van der Waals surface area contributed by atoms with E-state index in [0.717, 1.165) is 5.56 Å². The van der Waals surface area contributed by atoms with E-state index in [2.05, 4.69) is 0 Å². The highest BCUT2D eigenvalue weighted by Gasteiger charge is 2.18. The number of ether oxygens (including phenoxy) is 1. The topological polar surface area (TPSA) is 55.5 Å². The maximum Gasteiger partial charge on any atom is 0.123 e. The fourth-order valence-electron chi connectivity index (χ4n) is 2.10. The normalized spacial score (nSPS) is 12.2. The number of hydrogen-bond donors (Lipinski definition) is 2. The van der Waals surface area contributed by atoms with Crippen molar-refractivity contribution in [1.29, 1.82) is 0 Å². The Bertz CT molecular complexity index is 599. The predicted molar refractivity (Wildman–Crippen MR) is 72.6 cm³/mol. The maximum atomic E-state index is 13.3. The van der Waals surface area contributed by atoms with Gasteiger partial charge in [0.1, 0.15) is 17.7 Å². The molecule has 0 fully saturated rings. The number of aliphatic hydroxyl groups is 1. The Morgan fingerprint density at radius 3 is 2.63 bits per heavy atom. The van der Waals surface area contributed by atoms with Gasteiger partial charge in [0, 0.05) is 11.3 Å². The van der Waals surface area contributed by atoms with E-state index < -0.39 is 11.9 Å².